The summed E-state index contributed by atoms with van der Waals surface area (Å²) >= 11 is 0. The first kappa shape index (κ1) is 13.7. The maximum absolute atomic E-state index is 12.1. The maximum atomic E-state index is 12.1. The van der Waals surface area contributed by atoms with Gasteiger partial charge in [-0.15, -0.1) is 0 Å². The SMILES string of the molecule is CC1(C)NC(=O)N(CC(N)c2ccc3c(c2)OCO3)C1=O. The third kappa shape index (κ3) is 2.29. The Morgan fingerprint density at radius 3 is 2.71 bits per heavy atom. The van der Waals surface area contributed by atoms with Crippen LogP contribution in [0.5, 0.6) is 11.5 Å². The second kappa shape index (κ2) is 4.63. The van der Waals surface area contributed by atoms with Crippen LogP contribution in [-0.4, -0.2) is 35.7 Å². The Hall–Kier alpha value is -2.28. The summed E-state index contributed by atoms with van der Waals surface area (Å²) in [6, 6.07) is 4.45. The number of urea groups is 1. The molecule has 1 fully saturated rings. The number of nitrogens with two attached hydrogens (primary N) is 1. The Morgan fingerprint density at radius 1 is 1.33 bits per heavy atom. The molecule has 3 amide bonds. The molecule has 1 aromatic rings. The van der Waals surface area contributed by atoms with Gasteiger partial charge in [-0.3, -0.25) is 9.69 Å². The van der Waals surface area contributed by atoms with Crippen LogP contribution in [0.25, 0.3) is 0 Å². The number of nitrogens with one attached hydrogen (secondary N) is 1. The molecule has 1 unspecified atom stereocenters. The molecule has 2 aliphatic rings. The van der Waals surface area contributed by atoms with Crippen LogP contribution in [0.3, 0.4) is 0 Å². The van der Waals surface area contributed by atoms with E-state index in [4.69, 9.17) is 15.2 Å². The topological polar surface area (TPSA) is 93.9 Å². The van der Waals surface area contributed by atoms with E-state index in [-0.39, 0.29) is 19.2 Å². The fraction of sp³-hybridized carbons (Fsp3) is 0.429. The number of amides is 3. The fourth-order valence-electron chi connectivity index (χ4n) is 2.43. The number of nitrogens with zero attached hydrogens (tertiary/aromatic N) is 1. The lowest BCUT2D eigenvalue weighted by molar-refractivity contribution is -0.130. The fourth-order valence-corrected chi connectivity index (χ4v) is 2.43. The first-order valence-corrected chi connectivity index (χ1v) is 6.68. The van der Waals surface area contributed by atoms with Gasteiger partial charge in [-0.2, -0.15) is 0 Å². The van der Waals surface area contributed by atoms with Crippen molar-refractivity contribution in [3.05, 3.63) is 23.8 Å². The number of rotatable bonds is 3. The molecule has 112 valence electrons. The van der Waals surface area contributed by atoms with Crippen molar-refractivity contribution in [3.63, 3.8) is 0 Å². The Kier molecular flexibility index (Phi) is 3.02. The van der Waals surface area contributed by atoms with Gasteiger partial charge < -0.3 is 20.5 Å². The minimum atomic E-state index is -0.883. The summed E-state index contributed by atoms with van der Waals surface area (Å²) < 4.78 is 10.5. The van der Waals surface area contributed by atoms with Gasteiger partial charge in [0.1, 0.15) is 5.54 Å². The Labute approximate surface area is 122 Å². The van der Waals surface area contributed by atoms with Gasteiger partial charge in [0.15, 0.2) is 11.5 Å². The number of ether oxygens (including phenoxy) is 2. The highest BCUT2D eigenvalue weighted by molar-refractivity contribution is 6.06. The first-order valence-electron chi connectivity index (χ1n) is 6.68. The Morgan fingerprint density at radius 2 is 2.05 bits per heavy atom. The molecule has 1 saturated heterocycles. The molecule has 3 N–H and O–H groups in total. The number of carbonyl (C=O) groups is 2. The highest BCUT2D eigenvalue weighted by Crippen LogP contribution is 2.34. The summed E-state index contributed by atoms with van der Waals surface area (Å²) in [7, 11) is 0. The molecular formula is C14H17N3O4. The first-order chi connectivity index (χ1) is 9.88. The molecule has 2 heterocycles. The van der Waals surface area contributed by atoms with Crippen molar-refractivity contribution in [3.8, 4) is 11.5 Å². The van der Waals surface area contributed by atoms with Gasteiger partial charge in [-0.1, -0.05) is 6.07 Å². The average molecular weight is 291 g/mol. The van der Waals surface area contributed by atoms with Crippen LogP contribution in [0.4, 0.5) is 4.79 Å². The van der Waals surface area contributed by atoms with E-state index in [1.54, 1.807) is 26.0 Å². The van der Waals surface area contributed by atoms with Crippen LogP contribution in [0.15, 0.2) is 18.2 Å². The van der Waals surface area contributed by atoms with Crippen molar-refractivity contribution in [2.24, 2.45) is 5.73 Å². The van der Waals surface area contributed by atoms with E-state index in [2.05, 4.69) is 5.32 Å². The van der Waals surface area contributed by atoms with Gasteiger partial charge in [-0.25, -0.2) is 4.79 Å². The highest BCUT2D eigenvalue weighted by atomic mass is 16.7. The highest BCUT2D eigenvalue weighted by Gasteiger charge is 2.44. The van der Waals surface area contributed by atoms with Crippen LogP contribution in [0.1, 0.15) is 25.5 Å². The van der Waals surface area contributed by atoms with Crippen molar-refractivity contribution in [1.82, 2.24) is 10.2 Å². The molecule has 0 saturated carbocycles. The zero-order valence-corrected chi connectivity index (χ0v) is 11.9. The Balaban J connectivity index is 1.76. The largest absolute Gasteiger partial charge is 0.454 e. The van der Waals surface area contributed by atoms with Gasteiger partial charge >= 0.3 is 6.03 Å². The number of fused-ring (bicyclic) bond motifs is 1. The van der Waals surface area contributed by atoms with Crippen molar-refractivity contribution in [1.29, 1.82) is 0 Å². The predicted octanol–water partition coefficient (Wildman–Crippen LogP) is 0.745. The second-order valence-electron chi connectivity index (χ2n) is 5.69. The number of benzene rings is 1. The third-order valence-electron chi connectivity index (χ3n) is 3.65. The second-order valence-corrected chi connectivity index (χ2v) is 5.69. The predicted molar refractivity (Wildman–Crippen MR) is 73.8 cm³/mol. The van der Waals surface area contributed by atoms with E-state index in [9.17, 15) is 9.59 Å². The van der Waals surface area contributed by atoms with E-state index in [1.165, 1.54) is 0 Å². The van der Waals surface area contributed by atoms with Gasteiger partial charge in [0, 0.05) is 12.6 Å². The van der Waals surface area contributed by atoms with Crippen LogP contribution in [0.2, 0.25) is 0 Å². The van der Waals surface area contributed by atoms with Crippen molar-refractivity contribution in [2.45, 2.75) is 25.4 Å². The van der Waals surface area contributed by atoms with Crippen molar-refractivity contribution in [2.75, 3.05) is 13.3 Å². The molecule has 2 aliphatic heterocycles. The molecule has 3 rings (SSSR count). The van der Waals surface area contributed by atoms with E-state index < -0.39 is 17.6 Å². The number of hydrogen-bond donors (Lipinski definition) is 2. The molecule has 1 aromatic carbocycles. The molecule has 0 bridgehead atoms. The molecule has 0 spiro atoms. The van der Waals surface area contributed by atoms with Crippen LogP contribution >= 0.6 is 0 Å². The molecule has 1 atom stereocenters. The summed E-state index contributed by atoms with van der Waals surface area (Å²) in [5.74, 6) is 1.02. The molecule has 0 aliphatic carbocycles. The molecule has 21 heavy (non-hydrogen) atoms. The van der Waals surface area contributed by atoms with Crippen LogP contribution in [0, 0.1) is 0 Å². The van der Waals surface area contributed by atoms with Gasteiger partial charge in [0.05, 0.1) is 0 Å². The van der Waals surface area contributed by atoms with Crippen LogP contribution in [-0.2, 0) is 4.79 Å². The maximum Gasteiger partial charge on any atom is 0.325 e. The van der Waals surface area contributed by atoms with Crippen LogP contribution < -0.4 is 20.5 Å². The number of imide groups is 1. The summed E-state index contributed by atoms with van der Waals surface area (Å²) in [4.78, 5) is 25.1. The normalized spacial score (nSPS) is 20.6. The summed E-state index contributed by atoms with van der Waals surface area (Å²) in [5.41, 5.74) is 6.01. The quantitative estimate of drug-likeness (QED) is 0.801. The molecule has 0 radical (unpaired) electrons. The lowest BCUT2D eigenvalue weighted by atomic mass is 10.0. The van der Waals surface area contributed by atoms with Gasteiger partial charge in [0.25, 0.3) is 5.91 Å². The molecule has 7 heteroatoms. The monoisotopic (exact) mass is 291 g/mol. The van der Waals surface area contributed by atoms with E-state index in [1.807, 2.05) is 6.07 Å². The number of hydrogen-bond acceptors (Lipinski definition) is 5. The lowest BCUT2D eigenvalue weighted by Gasteiger charge is -2.20. The third-order valence-corrected chi connectivity index (χ3v) is 3.65. The summed E-state index contributed by atoms with van der Waals surface area (Å²) in [5, 5.41) is 2.63. The average Bonchev–Trinajstić information content (AvgIpc) is 2.96. The standard InChI is InChI=1S/C14H17N3O4/c1-14(2)12(18)17(13(19)16-14)6-9(15)8-3-4-10-11(5-8)21-7-20-10/h3-5,9H,6-7,15H2,1-2H3,(H,16,19). The zero-order chi connectivity index (χ0) is 15.2. The van der Waals surface area contributed by atoms with E-state index >= 15 is 0 Å². The summed E-state index contributed by atoms with van der Waals surface area (Å²) in [6.07, 6.45) is 0. The van der Waals surface area contributed by atoms with E-state index in [0.717, 1.165) is 10.5 Å². The molecule has 7 nitrogen and oxygen atoms in total. The van der Waals surface area contributed by atoms with Crippen molar-refractivity contribution >= 4 is 11.9 Å². The zero-order valence-electron chi connectivity index (χ0n) is 11.9. The Bertz CT molecular complexity index is 614. The molecular weight excluding hydrogens is 274 g/mol. The lowest BCUT2D eigenvalue weighted by Crippen LogP contribution is -2.41. The minimum Gasteiger partial charge on any atom is -0.454 e. The minimum absolute atomic E-state index is 0.119. The smallest absolute Gasteiger partial charge is 0.325 e. The van der Waals surface area contributed by atoms with Gasteiger partial charge in [0.2, 0.25) is 6.79 Å². The summed E-state index contributed by atoms with van der Waals surface area (Å²) in [6.45, 7) is 3.64. The number of carbonyl (C=O) groups excluding carboxylic acids is 2. The van der Waals surface area contributed by atoms with Crippen molar-refractivity contribution < 1.29 is 19.1 Å². The van der Waals surface area contributed by atoms with Gasteiger partial charge in [-0.05, 0) is 31.5 Å². The van der Waals surface area contributed by atoms with E-state index in [0.29, 0.717) is 11.5 Å². The molecule has 0 aromatic heterocycles.